The molecule has 0 radical (unpaired) electrons. The van der Waals surface area contributed by atoms with Crippen LogP contribution in [0.15, 0.2) is 49.1 Å². The number of pyridine rings is 2. The summed E-state index contributed by atoms with van der Waals surface area (Å²) in [6, 6.07) is 8.34. The van der Waals surface area contributed by atoms with E-state index in [0.717, 1.165) is 24.8 Å². The maximum absolute atomic E-state index is 12.9. The SMILES string of the molecule is O=C(CCc1ccncc1)N(Cc1cccnc1)C1CCCCC1. The molecule has 2 heterocycles. The second-order valence-corrected chi connectivity index (χ2v) is 6.53. The molecule has 4 heteroatoms. The van der Waals surface area contributed by atoms with Gasteiger partial charge in [-0.2, -0.15) is 0 Å². The molecule has 1 amide bonds. The molecule has 24 heavy (non-hydrogen) atoms. The molecular weight excluding hydrogens is 298 g/mol. The number of aromatic nitrogens is 2. The quantitative estimate of drug-likeness (QED) is 0.813. The van der Waals surface area contributed by atoms with Gasteiger partial charge in [-0.25, -0.2) is 0 Å². The lowest BCUT2D eigenvalue weighted by Crippen LogP contribution is -2.41. The summed E-state index contributed by atoms with van der Waals surface area (Å²) in [6.07, 6.45) is 14.6. The van der Waals surface area contributed by atoms with Crippen LogP contribution in [0.1, 0.15) is 49.7 Å². The van der Waals surface area contributed by atoms with Crippen LogP contribution >= 0.6 is 0 Å². The van der Waals surface area contributed by atoms with Gasteiger partial charge in [0.05, 0.1) is 0 Å². The van der Waals surface area contributed by atoms with Crippen molar-refractivity contribution in [1.29, 1.82) is 0 Å². The average Bonchev–Trinajstić information content (AvgIpc) is 2.66. The van der Waals surface area contributed by atoms with E-state index in [0.29, 0.717) is 19.0 Å². The molecule has 0 saturated heterocycles. The fraction of sp³-hybridized carbons (Fsp3) is 0.450. The minimum absolute atomic E-state index is 0.252. The zero-order chi connectivity index (χ0) is 16.6. The van der Waals surface area contributed by atoms with Gasteiger partial charge in [0.1, 0.15) is 0 Å². The monoisotopic (exact) mass is 323 g/mol. The molecule has 0 atom stereocenters. The Morgan fingerprint density at radius 2 is 1.79 bits per heavy atom. The van der Waals surface area contributed by atoms with Gasteiger partial charge in [-0.1, -0.05) is 25.3 Å². The molecule has 4 nitrogen and oxygen atoms in total. The standard InChI is InChI=1S/C20H25N3O/c24-20(9-8-17-10-13-21-14-11-17)23(19-6-2-1-3-7-19)16-18-5-4-12-22-15-18/h4-5,10-15,19H,1-3,6-9,16H2. The Hall–Kier alpha value is -2.23. The Morgan fingerprint density at radius 1 is 1.00 bits per heavy atom. The van der Waals surface area contributed by atoms with Crippen molar-refractivity contribution in [2.45, 2.75) is 57.5 Å². The van der Waals surface area contributed by atoms with E-state index in [4.69, 9.17) is 0 Å². The second-order valence-electron chi connectivity index (χ2n) is 6.53. The summed E-state index contributed by atoms with van der Waals surface area (Å²) in [4.78, 5) is 23.2. The van der Waals surface area contributed by atoms with Crippen LogP contribution in [0.25, 0.3) is 0 Å². The number of nitrogens with zero attached hydrogens (tertiary/aromatic N) is 3. The highest BCUT2D eigenvalue weighted by molar-refractivity contribution is 5.76. The fourth-order valence-electron chi connectivity index (χ4n) is 3.45. The fourth-order valence-corrected chi connectivity index (χ4v) is 3.45. The molecule has 1 fully saturated rings. The van der Waals surface area contributed by atoms with Crippen molar-refractivity contribution in [2.24, 2.45) is 0 Å². The molecule has 0 bridgehead atoms. The third-order valence-electron chi connectivity index (χ3n) is 4.79. The zero-order valence-corrected chi connectivity index (χ0v) is 14.1. The highest BCUT2D eigenvalue weighted by atomic mass is 16.2. The summed E-state index contributed by atoms with van der Waals surface area (Å²) < 4.78 is 0. The molecule has 1 saturated carbocycles. The second kappa shape index (κ2) is 8.57. The van der Waals surface area contributed by atoms with Gasteiger partial charge in [-0.3, -0.25) is 14.8 Å². The Balaban J connectivity index is 1.67. The Morgan fingerprint density at radius 3 is 2.50 bits per heavy atom. The van der Waals surface area contributed by atoms with Crippen LogP contribution in [0.2, 0.25) is 0 Å². The van der Waals surface area contributed by atoms with Gasteiger partial charge in [0.25, 0.3) is 0 Å². The molecule has 0 aliphatic heterocycles. The summed E-state index contributed by atoms with van der Waals surface area (Å²) in [7, 11) is 0. The van der Waals surface area contributed by atoms with Gasteiger partial charge >= 0.3 is 0 Å². The summed E-state index contributed by atoms with van der Waals surface area (Å²) in [5.74, 6) is 0.252. The number of rotatable bonds is 6. The number of carbonyl (C=O) groups is 1. The summed E-state index contributed by atoms with van der Waals surface area (Å²) >= 11 is 0. The molecule has 2 aromatic heterocycles. The lowest BCUT2D eigenvalue weighted by atomic mass is 9.93. The Kier molecular flexibility index (Phi) is 5.94. The molecule has 0 unspecified atom stereocenters. The molecule has 0 spiro atoms. The van der Waals surface area contributed by atoms with Crippen molar-refractivity contribution in [3.05, 3.63) is 60.2 Å². The zero-order valence-electron chi connectivity index (χ0n) is 14.1. The van der Waals surface area contributed by atoms with Crippen molar-refractivity contribution in [3.8, 4) is 0 Å². The summed E-state index contributed by atoms with van der Waals surface area (Å²) in [5, 5.41) is 0. The van der Waals surface area contributed by atoms with Crippen LogP contribution < -0.4 is 0 Å². The van der Waals surface area contributed by atoms with Gasteiger partial charge in [0, 0.05) is 43.8 Å². The maximum Gasteiger partial charge on any atom is 0.223 e. The maximum atomic E-state index is 12.9. The topological polar surface area (TPSA) is 46.1 Å². The highest BCUT2D eigenvalue weighted by Crippen LogP contribution is 2.25. The van der Waals surface area contributed by atoms with E-state index in [9.17, 15) is 4.79 Å². The number of carbonyl (C=O) groups excluding carboxylic acids is 1. The third kappa shape index (κ3) is 4.63. The largest absolute Gasteiger partial charge is 0.335 e. The first kappa shape index (κ1) is 16.6. The van der Waals surface area contributed by atoms with E-state index in [2.05, 4.69) is 20.9 Å². The van der Waals surface area contributed by atoms with E-state index in [1.807, 2.05) is 24.4 Å². The van der Waals surface area contributed by atoms with Crippen molar-refractivity contribution in [1.82, 2.24) is 14.9 Å². The van der Waals surface area contributed by atoms with Crippen molar-refractivity contribution < 1.29 is 4.79 Å². The first-order valence-electron chi connectivity index (χ1n) is 8.90. The minimum atomic E-state index is 0.252. The molecule has 1 aliphatic carbocycles. The van der Waals surface area contributed by atoms with Gasteiger partial charge in [-0.15, -0.1) is 0 Å². The molecule has 3 rings (SSSR count). The van der Waals surface area contributed by atoms with E-state index >= 15 is 0 Å². The third-order valence-corrected chi connectivity index (χ3v) is 4.79. The van der Waals surface area contributed by atoms with Crippen LogP contribution in [0.4, 0.5) is 0 Å². The molecule has 126 valence electrons. The highest BCUT2D eigenvalue weighted by Gasteiger charge is 2.25. The van der Waals surface area contributed by atoms with Crippen molar-refractivity contribution >= 4 is 5.91 Å². The average molecular weight is 323 g/mol. The normalized spacial score (nSPS) is 15.2. The Bertz CT molecular complexity index is 624. The number of hydrogen-bond donors (Lipinski definition) is 0. The van der Waals surface area contributed by atoms with E-state index in [1.165, 1.54) is 24.8 Å². The Labute approximate surface area is 143 Å². The van der Waals surface area contributed by atoms with Crippen molar-refractivity contribution in [2.75, 3.05) is 0 Å². The predicted molar refractivity (Wildman–Crippen MR) is 94.2 cm³/mol. The van der Waals surface area contributed by atoms with E-state index in [-0.39, 0.29) is 5.91 Å². The van der Waals surface area contributed by atoms with Gasteiger partial charge in [-0.05, 0) is 48.6 Å². The first-order valence-corrected chi connectivity index (χ1v) is 8.90. The molecular formula is C20H25N3O. The van der Waals surface area contributed by atoms with Crippen LogP contribution in [0.5, 0.6) is 0 Å². The van der Waals surface area contributed by atoms with Gasteiger partial charge in [0.2, 0.25) is 5.91 Å². The summed E-state index contributed by atoms with van der Waals surface area (Å²) in [5.41, 5.74) is 2.28. The lowest BCUT2D eigenvalue weighted by Gasteiger charge is -2.34. The van der Waals surface area contributed by atoms with Gasteiger partial charge in [0.15, 0.2) is 0 Å². The van der Waals surface area contributed by atoms with Crippen LogP contribution in [-0.2, 0) is 17.8 Å². The van der Waals surface area contributed by atoms with E-state index in [1.54, 1.807) is 18.6 Å². The molecule has 0 aromatic carbocycles. The molecule has 0 N–H and O–H groups in total. The number of hydrogen-bond acceptors (Lipinski definition) is 3. The van der Waals surface area contributed by atoms with E-state index < -0.39 is 0 Å². The molecule has 1 aliphatic rings. The van der Waals surface area contributed by atoms with Crippen LogP contribution in [-0.4, -0.2) is 26.8 Å². The number of aryl methyl sites for hydroxylation is 1. The number of amides is 1. The summed E-state index contributed by atoms with van der Waals surface area (Å²) in [6.45, 7) is 0.674. The first-order chi connectivity index (χ1) is 11.8. The molecule has 2 aromatic rings. The minimum Gasteiger partial charge on any atom is -0.335 e. The van der Waals surface area contributed by atoms with Crippen LogP contribution in [0.3, 0.4) is 0 Å². The predicted octanol–water partition coefficient (Wildman–Crippen LogP) is 3.77. The van der Waals surface area contributed by atoms with Gasteiger partial charge < -0.3 is 4.90 Å². The lowest BCUT2D eigenvalue weighted by molar-refractivity contribution is -0.135. The van der Waals surface area contributed by atoms with Crippen molar-refractivity contribution in [3.63, 3.8) is 0 Å². The van der Waals surface area contributed by atoms with Crippen LogP contribution in [0, 0.1) is 0 Å². The smallest absolute Gasteiger partial charge is 0.223 e.